The van der Waals surface area contributed by atoms with Crippen LogP contribution in [-0.2, 0) is 4.79 Å². The summed E-state index contributed by atoms with van der Waals surface area (Å²) in [7, 11) is 0. The van der Waals surface area contributed by atoms with Crippen molar-refractivity contribution in [1.29, 1.82) is 0 Å². The van der Waals surface area contributed by atoms with Gasteiger partial charge in [-0.2, -0.15) is 0 Å². The maximum Gasteiger partial charge on any atom is 0.226 e. The number of aromatic nitrogens is 2. The molecule has 0 unspecified atom stereocenters. The third kappa shape index (κ3) is 2.89. The van der Waals surface area contributed by atoms with E-state index >= 15 is 0 Å². The number of carbonyl (C=O) groups excluding carboxylic acids is 1. The predicted octanol–water partition coefficient (Wildman–Crippen LogP) is 3.31. The van der Waals surface area contributed by atoms with Gasteiger partial charge in [0.2, 0.25) is 11.0 Å². The highest BCUT2D eigenvalue weighted by atomic mass is 32.1. The summed E-state index contributed by atoms with van der Waals surface area (Å²) in [6, 6.07) is 2.05. The summed E-state index contributed by atoms with van der Waals surface area (Å²) in [5.74, 6) is -0.00176. The number of rotatable bonds is 4. The van der Waals surface area contributed by atoms with Crippen molar-refractivity contribution in [3.8, 4) is 9.88 Å². The fraction of sp³-hybridized carbons (Fsp3) is 0.364. The minimum atomic E-state index is -0.00176. The number of amides is 1. The van der Waals surface area contributed by atoms with Gasteiger partial charge in [-0.25, -0.2) is 0 Å². The molecule has 4 nitrogen and oxygen atoms in total. The minimum Gasteiger partial charge on any atom is -0.301 e. The topological polar surface area (TPSA) is 54.9 Å². The number of aryl methyl sites for hydroxylation is 1. The SMILES string of the molecule is CCCC(=O)Nc1nnc(-c2sccc2C)s1. The molecule has 6 heteroatoms. The van der Waals surface area contributed by atoms with Crippen molar-refractivity contribution in [3.63, 3.8) is 0 Å². The van der Waals surface area contributed by atoms with Crippen molar-refractivity contribution in [3.05, 3.63) is 17.0 Å². The first-order valence-electron chi connectivity index (χ1n) is 5.38. The normalized spacial score (nSPS) is 10.5. The van der Waals surface area contributed by atoms with Crippen molar-refractivity contribution in [2.75, 3.05) is 5.32 Å². The van der Waals surface area contributed by atoms with E-state index in [1.165, 1.54) is 16.9 Å². The van der Waals surface area contributed by atoms with E-state index in [0.29, 0.717) is 11.6 Å². The van der Waals surface area contributed by atoms with Crippen molar-refractivity contribution < 1.29 is 4.79 Å². The number of nitrogens with one attached hydrogen (secondary N) is 1. The highest BCUT2D eigenvalue weighted by molar-refractivity contribution is 7.23. The first-order chi connectivity index (χ1) is 8.20. The Morgan fingerprint density at radius 1 is 1.47 bits per heavy atom. The van der Waals surface area contributed by atoms with Crippen molar-refractivity contribution in [1.82, 2.24) is 10.2 Å². The van der Waals surface area contributed by atoms with Gasteiger partial charge in [-0.1, -0.05) is 18.3 Å². The summed E-state index contributed by atoms with van der Waals surface area (Å²) < 4.78 is 0. The zero-order chi connectivity index (χ0) is 12.3. The van der Waals surface area contributed by atoms with E-state index in [9.17, 15) is 4.79 Å². The molecule has 0 aromatic carbocycles. The van der Waals surface area contributed by atoms with Gasteiger partial charge in [0.05, 0.1) is 4.88 Å². The Bertz CT molecular complexity index is 518. The zero-order valence-electron chi connectivity index (χ0n) is 9.69. The molecule has 2 heterocycles. The van der Waals surface area contributed by atoms with E-state index in [-0.39, 0.29) is 5.91 Å². The van der Waals surface area contributed by atoms with Gasteiger partial charge in [0.15, 0.2) is 5.01 Å². The smallest absolute Gasteiger partial charge is 0.226 e. The van der Waals surface area contributed by atoms with Crippen LogP contribution in [0.2, 0.25) is 0 Å². The van der Waals surface area contributed by atoms with Crippen LogP contribution in [0.3, 0.4) is 0 Å². The lowest BCUT2D eigenvalue weighted by Gasteiger charge is -1.96. The van der Waals surface area contributed by atoms with Crippen LogP contribution in [0, 0.1) is 6.92 Å². The molecule has 90 valence electrons. The molecule has 0 saturated heterocycles. The molecule has 0 aliphatic heterocycles. The third-order valence-corrected chi connectivity index (χ3v) is 4.21. The molecule has 0 aliphatic rings. The van der Waals surface area contributed by atoms with Crippen LogP contribution in [0.1, 0.15) is 25.3 Å². The number of thiophene rings is 1. The molecule has 17 heavy (non-hydrogen) atoms. The Labute approximate surface area is 108 Å². The lowest BCUT2D eigenvalue weighted by Crippen LogP contribution is -2.10. The second kappa shape index (κ2) is 5.37. The quantitative estimate of drug-likeness (QED) is 0.924. The first kappa shape index (κ1) is 12.2. The molecule has 0 spiro atoms. The zero-order valence-corrected chi connectivity index (χ0v) is 11.3. The van der Waals surface area contributed by atoms with Crippen molar-refractivity contribution in [2.45, 2.75) is 26.7 Å². The van der Waals surface area contributed by atoms with Crippen LogP contribution >= 0.6 is 22.7 Å². The van der Waals surface area contributed by atoms with Gasteiger partial charge >= 0.3 is 0 Å². The average molecular weight is 267 g/mol. The second-order valence-electron chi connectivity index (χ2n) is 3.64. The molecule has 2 rings (SSSR count). The number of hydrogen-bond donors (Lipinski definition) is 1. The average Bonchev–Trinajstić information content (AvgIpc) is 2.87. The molecular weight excluding hydrogens is 254 g/mol. The van der Waals surface area contributed by atoms with Crippen molar-refractivity contribution >= 4 is 33.7 Å². The van der Waals surface area contributed by atoms with Gasteiger partial charge in [-0.3, -0.25) is 4.79 Å². The second-order valence-corrected chi connectivity index (χ2v) is 5.54. The van der Waals surface area contributed by atoms with Crippen LogP contribution in [0.5, 0.6) is 0 Å². The highest BCUT2D eigenvalue weighted by Crippen LogP contribution is 2.32. The Morgan fingerprint density at radius 3 is 2.94 bits per heavy atom. The first-order valence-corrected chi connectivity index (χ1v) is 7.08. The van der Waals surface area contributed by atoms with E-state index in [0.717, 1.165) is 16.3 Å². The van der Waals surface area contributed by atoms with E-state index in [1.54, 1.807) is 11.3 Å². The fourth-order valence-electron chi connectivity index (χ4n) is 1.37. The van der Waals surface area contributed by atoms with Gasteiger partial charge in [0, 0.05) is 6.42 Å². The van der Waals surface area contributed by atoms with E-state index in [2.05, 4.69) is 21.6 Å². The summed E-state index contributed by atoms with van der Waals surface area (Å²) in [6.07, 6.45) is 1.36. The molecule has 0 saturated carbocycles. The number of anilines is 1. The number of hydrogen-bond acceptors (Lipinski definition) is 5. The molecule has 0 atom stereocenters. The molecule has 0 bridgehead atoms. The summed E-state index contributed by atoms with van der Waals surface area (Å²) in [5, 5.41) is 14.3. The lowest BCUT2D eigenvalue weighted by molar-refractivity contribution is -0.116. The molecule has 0 aliphatic carbocycles. The predicted molar refractivity (Wildman–Crippen MR) is 71.5 cm³/mol. The summed E-state index contributed by atoms with van der Waals surface area (Å²) in [6.45, 7) is 4.02. The molecule has 0 radical (unpaired) electrons. The monoisotopic (exact) mass is 267 g/mol. The number of carbonyl (C=O) groups is 1. The third-order valence-electron chi connectivity index (χ3n) is 2.20. The molecular formula is C11H13N3OS2. The fourth-order valence-corrected chi connectivity index (χ4v) is 3.20. The van der Waals surface area contributed by atoms with Gasteiger partial charge < -0.3 is 5.32 Å². The van der Waals surface area contributed by atoms with Crippen LogP contribution in [0.4, 0.5) is 5.13 Å². The summed E-state index contributed by atoms with van der Waals surface area (Å²) in [4.78, 5) is 12.5. The molecule has 1 N–H and O–H groups in total. The van der Waals surface area contributed by atoms with E-state index in [4.69, 9.17) is 0 Å². The molecule has 2 aromatic heterocycles. The standard InChI is InChI=1S/C11H13N3OS2/c1-3-4-8(15)12-11-14-13-10(17-11)9-7(2)5-6-16-9/h5-6H,3-4H2,1-2H3,(H,12,14,15). The molecule has 2 aromatic rings. The van der Waals surface area contributed by atoms with Crippen LogP contribution in [0.25, 0.3) is 9.88 Å². The molecule has 0 fully saturated rings. The maximum atomic E-state index is 11.4. The largest absolute Gasteiger partial charge is 0.301 e. The van der Waals surface area contributed by atoms with Crippen LogP contribution < -0.4 is 5.32 Å². The van der Waals surface area contributed by atoms with Crippen LogP contribution in [0.15, 0.2) is 11.4 Å². The Balaban J connectivity index is 2.11. The minimum absolute atomic E-state index is 0.00176. The summed E-state index contributed by atoms with van der Waals surface area (Å²) >= 11 is 3.06. The highest BCUT2D eigenvalue weighted by Gasteiger charge is 2.11. The molecule has 1 amide bonds. The Hall–Kier alpha value is -1.27. The van der Waals surface area contributed by atoms with Gasteiger partial charge in [-0.05, 0) is 30.4 Å². The lowest BCUT2D eigenvalue weighted by atomic mass is 10.3. The van der Waals surface area contributed by atoms with E-state index in [1.807, 2.05) is 19.2 Å². The van der Waals surface area contributed by atoms with Crippen molar-refractivity contribution in [2.24, 2.45) is 0 Å². The van der Waals surface area contributed by atoms with Gasteiger partial charge in [-0.15, -0.1) is 21.5 Å². The number of nitrogens with zero attached hydrogens (tertiary/aromatic N) is 2. The van der Waals surface area contributed by atoms with Crippen LogP contribution in [-0.4, -0.2) is 16.1 Å². The Kier molecular flexibility index (Phi) is 3.86. The Morgan fingerprint density at radius 2 is 2.29 bits per heavy atom. The van der Waals surface area contributed by atoms with Gasteiger partial charge in [0.25, 0.3) is 0 Å². The summed E-state index contributed by atoms with van der Waals surface area (Å²) in [5.41, 5.74) is 1.19. The van der Waals surface area contributed by atoms with E-state index < -0.39 is 0 Å². The maximum absolute atomic E-state index is 11.4. The van der Waals surface area contributed by atoms with Gasteiger partial charge in [0.1, 0.15) is 0 Å².